The number of benzene rings is 2. The summed E-state index contributed by atoms with van der Waals surface area (Å²) in [6.07, 6.45) is 1.48. The third-order valence-corrected chi connectivity index (χ3v) is 5.27. The van der Waals surface area contributed by atoms with Gasteiger partial charge in [-0.1, -0.05) is 35.9 Å². The Morgan fingerprint density at radius 1 is 1.00 bits per heavy atom. The third-order valence-electron chi connectivity index (χ3n) is 5.27. The zero-order valence-electron chi connectivity index (χ0n) is 17.9. The normalized spacial score (nSPS) is 13.3. The first kappa shape index (κ1) is 25.0. The summed E-state index contributed by atoms with van der Waals surface area (Å²) in [5.41, 5.74) is -1.60. The summed E-state index contributed by atoms with van der Waals surface area (Å²) in [4.78, 5) is 3.56. The number of hydrogen-bond acceptors (Lipinski definition) is 4. The first-order valence-corrected chi connectivity index (χ1v) is 9.96. The predicted molar refractivity (Wildman–Crippen MR) is 115 cm³/mol. The van der Waals surface area contributed by atoms with Crippen molar-refractivity contribution in [2.75, 3.05) is 6.54 Å². The van der Waals surface area contributed by atoms with Crippen molar-refractivity contribution < 1.29 is 26.3 Å². The average molecular weight is 481 g/mol. The molecule has 0 aliphatic heterocycles. The molecule has 0 bridgehead atoms. The van der Waals surface area contributed by atoms with Gasteiger partial charge < -0.3 is 5.84 Å². The highest BCUT2D eigenvalue weighted by atomic mass is 19.3. The fourth-order valence-corrected chi connectivity index (χ4v) is 3.42. The SMILES string of the molecule is Cc1ccc(C(F)(F)c2ccc(C(F)(F)C(CN(N)/C=N\N)c3ccc(F)cc3F)nc2)cc1. The first-order valence-electron chi connectivity index (χ1n) is 9.96. The van der Waals surface area contributed by atoms with E-state index in [1.54, 1.807) is 6.92 Å². The Labute approximate surface area is 191 Å². The van der Waals surface area contributed by atoms with Gasteiger partial charge >= 0.3 is 0 Å². The molecule has 0 saturated carbocycles. The van der Waals surface area contributed by atoms with Crippen molar-refractivity contribution in [3.63, 3.8) is 0 Å². The summed E-state index contributed by atoms with van der Waals surface area (Å²) < 4.78 is 88.5. The van der Waals surface area contributed by atoms with Crippen molar-refractivity contribution in [2.24, 2.45) is 16.8 Å². The summed E-state index contributed by atoms with van der Waals surface area (Å²) in [6.45, 7) is 1.04. The molecule has 5 nitrogen and oxygen atoms in total. The fraction of sp³-hybridized carbons (Fsp3) is 0.217. The smallest absolute Gasteiger partial charge is 0.299 e. The zero-order valence-corrected chi connectivity index (χ0v) is 17.9. The van der Waals surface area contributed by atoms with Crippen molar-refractivity contribution in [1.82, 2.24) is 9.99 Å². The van der Waals surface area contributed by atoms with E-state index in [-0.39, 0.29) is 5.56 Å². The van der Waals surface area contributed by atoms with E-state index in [0.717, 1.165) is 36.2 Å². The minimum absolute atomic E-state index is 0.328. The van der Waals surface area contributed by atoms with Gasteiger partial charge in [-0.05, 0) is 30.7 Å². The van der Waals surface area contributed by atoms with Crippen molar-refractivity contribution in [3.05, 3.63) is 100 Å². The van der Waals surface area contributed by atoms with Gasteiger partial charge in [0.25, 0.3) is 11.8 Å². The summed E-state index contributed by atoms with van der Waals surface area (Å²) in [7, 11) is 0. The molecule has 4 N–H and O–H groups in total. The van der Waals surface area contributed by atoms with Crippen LogP contribution in [-0.4, -0.2) is 22.9 Å². The second kappa shape index (κ2) is 9.72. The molecule has 2 aromatic carbocycles. The van der Waals surface area contributed by atoms with E-state index in [1.807, 2.05) is 0 Å². The van der Waals surface area contributed by atoms with Gasteiger partial charge in [0.15, 0.2) is 0 Å². The molecule has 1 heterocycles. The second-order valence-corrected chi connectivity index (χ2v) is 7.68. The highest BCUT2D eigenvalue weighted by molar-refractivity contribution is 5.53. The lowest BCUT2D eigenvalue weighted by Crippen LogP contribution is -2.40. The number of hydrazine groups is 1. The van der Waals surface area contributed by atoms with Crippen LogP contribution in [0.5, 0.6) is 0 Å². The standard InChI is InChI=1S/C23H21F6N5/c1-14-2-4-15(5-3-14)22(26,27)16-6-9-21(32-11-16)23(28,29)19(12-34(31)13-33-30)18-8-7-17(24)10-20(18)25/h2-11,13,19H,12,30-31H2,1H3/b33-13-. The van der Waals surface area contributed by atoms with Crippen molar-refractivity contribution in [2.45, 2.75) is 24.7 Å². The molecule has 0 spiro atoms. The van der Waals surface area contributed by atoms with Crippen LogP contribution in [0.25, 0.3) is 0 Å². The Morgan fingerprint density at radius 2 is 1.65 bits per heavy atom. The molecule has 34 heavy (non-hydrogen) atoms. The molecule has 0 aliphatic rings. The Kier molecular flexibility index (Phi) is 7.15. The predicted octanol–water partition coefficient (Wildman–Crippen LogP) is 4.76. The highest BCUT2D eigenvalue weighted by Crippen LogP contribution is 2.43. The number of pyridine rings is 1. The Morgan fingerprint density at radius 3 is 2.21 bits per heavy atom. The van der Waals surface area contributed by atoms with Crippen LogP contribution in [-0.2, 0) is 11.8 Å². The van der Waals surface area contributed by atoms with E-state index >= 15 is 8.78 Å². The zero-order chi connectivity index (χ0) is 25.1. The highest BCUT2D eigenvalue weighted by Gasteiger charge is 2.46. The topological polar surface area (TPSA) is 80.5 Å². The molecule has 3 aromatic rings. The van der Waals surface area contributed by atoms with Crippen LogP contribution in [0.1, 0.15) is 33.9 Å². The lowest BCUT2D eigenvalue weighted by Gasteiger charge is -2.30. The summed E-state index contributed by atoms with van der Waals surface area (Å²) >= 11 is 0. The molecule has 1 unspecified atom stereocenters. The number of alkyl halides is 4. The summed E-state index contributed by atoms with van der Waals surface area (Å²) in [5.74, 6) is -0.979. The van der Waals surface area contributed by atoms with Crippen molar-refractivity contribution >= 4 is 6.34 Å². The molecule has 1 atom stereocenters. The van der Waals surface area contributed by atoms with Gasteiger partial charge in [0, 0.05) is 29.9 Å². The van der Waals surface area contributed by atoms with Crippen LogP contribution in [0, 0.1) is 18.6 Å². The Hall–Kier alpha value is -3.60. The average Bonchev–Trinajstić information content (AvgIpc) is 2.78. The van der Waals surface area contributed by atoms with Gasteiger partial charge in [-0.15, -0.1) is 0 Å². The maximum atomic E-state index is 15.5. The molecule has 0 amide bonds. The number of hydrogen-bond donors (Lipinski definition) is 2. The van der Waals surface area contributed by atoms with Crippen LogP contribution in [0.4, 0.5) is 26.3 Å². The molecule has 0 radical (unpaired) electrons. The number of halogens is 6. The van der Waals surface area contributed by atoms with Gasteiger partial charge in [-0.2, -0.15) is 22.7 Å². The molecular weight excluding hydrogens is 460 g/mol. The monoisotopic (exact) mass is 481 g/mol. The van der Waals surface area contributed by atoms with Crippen LogP contribution in [0.2, 0.25) is 0 Å². The Bertz CT molecular complexity index is 1150. The van der Waals surface area contributed by atoms with Crippen molar-refractivity contribution in [3.8, 4) is 0 Å². The van der Waals surface area contributed by atoms with Gasteiger partial charge in [0.05, 0.1) is 5.92 Å². The molecule has 180 valence electrons. The van der Waals surface area contributed by atoms with Crippen LogP contribution >= 0.6 is 0 Å². The Balaban J connectivity index is 1.99. The molecular formula is C23H21F6N5. The molecule has 0 saturated heterocycles. The van der Waals surface area contributed by atoms with Gasteiger partial charge in [0.2, 0.25) is 0 Å². The van der Waals surface area contributed by atoms with E-state index in [0.29, 0.717) is 17.3 Å². The van der Waals surface area contributed by atoms with E-state index < -0.39 is 52.8 Å². The minimum atomic E-state index is -3.89. The third kappa shape index (κ3) is 5.14. The van der Waals surface area contributed by atoms with E-state index in [4.69, 9.17) is 11.7 Å². The van der Waals surface area contributed by atoms with Crippen LogP contribution in [0.3, 0.4) is 0 Å². The lowest BCUT2D eigenvalue weighted by molar-refractivity contribution is -0.0445. The number of aryl methyl sites for hydroxylation is 1. The fourth-order valence-electron chi connectivity index (χ4n) is 3.42. The number of rotatable bonds is 8. The van der Waals surface area contributed by atoms with Crippen LogP contribution in [0.15, 0.2) is 65.9 Å². The van der Waals surface area contributed by atoms with Gasteiger partial charge in [-0.25, -0.2) is 14.6 Å². The molecule has 0 aliphatic carbocycles. The minimum Gasteiger partial charge on any atom is -0.322 e. The summed E-state index contributed by atoms with van der Waals surface area (Å²) in [6, 6.07) is 9.18. The molecule has 0 fully saturated rings. The van der Waals surface area contributed by atoms with E-state index in [1.165, 1.54) is 24.3 Å². The number of hydrazone groups is 1. The van der Waals surface area contributed by atoms with Gasteiger partial charge in [0.1, 0.15) is 23.7 Å². The molecule has 1 aromatic heterocycles. The first-order chi connectivity index (χ1) is 16.0. The quantitative estimate of drug-likeness (QED) is 0.160. The maximum absolute atomic E-state index is 15.5. The van der Waals surface area contributed by atoms with E-state index in [9.17, 15) is 17.6 Å². The van der Waals surface area contributed by atoms with E-state index in [2.05, 4.69) is 10.1 Å². The van der Waals surface area contributed by atoms with Crippen LogP contribution < -0.4 is 11.7 Å². The number of aromatic nitrogens is 1. The summed E-state index contributed by atoms with van der Waals surface area (Å²) in [5, 5.41) is 3.82. The second-order valence-electron chi connectivity index (χ2n) is 7.68. The molecule has 3 rings (SSSR count). The number of nitrogens with zero attached hydrogens (tertiary/aromatic N) is 3. The number of nitrogens with two attached hydrogens (primary N) is 2. The largest absolute Gasteiger partial charge is 0.322 e. The van der Waals surface area contributed by atoms with Crippen molar-refractivity contribution in [1.29, 1.82) is 0 Å². The molecule has 11 heteroatoms. The maximum Gasteiger partial charge on any atom is 0.299 e. The van der Waals surface area contributed by atoms with Gasteiger partial charge in [-0.3, -0.25) is 9.99 Å². The lowest BCUT2D eigenvalue weighted by atomic mass is 9.89.